The molecule has 3 aromatic rings. The van der Waals surface area contributed by atoms with Crippen molar-refractivity contribution in [2.75, 3.05) is 11.9 Å². The van der Waals surface area contributed by atoms with E-state index in [0.29, 0.717) is 44.4 Å². The van der Waals surface area contributed by atoms with E-state index in [0.717, 1.165) is 5.56 Å². The number of carbonyl (C=O) groups is 1. The average molecular weight is 544 g/mol. The Morgan fingerprint density at radius 1 is 1.18 bits per heavy atom. The lowest BCUT2D eigenvalue weighted by Gasteiger charge is -2.14. The number of nitrogens with zero attached hydrogens (tertiary/aromatic N) is 1. The lowest BCUT2D eigenvalue weighted by Crippen LogP contribution is -2.13. The maximum atomic E-state index is 13.4. The van der Waals surface area contributed by atoms with Crippen molar-refractivity contribution >= 4 is 45.2 Å². The molecule has 0 unspecified atom stereocenters. The van der Waals surface area contributed by atoms with Crippen molar-refractivity contribution in [3.05, 3.63) is 92.2 Å². The first kappa shape index (κ1) is 25.3. The van der Waals surface area contributed by atoms with Gasteiger partial charge in [-0.3, -0.25) is 4.79 Å². The van der Waals surface area contributed by atoms with Crippen molar-refractivity contribution < 1.29 is 18.7 Å². The maximum Gasteiger partial charge on any atom is 0.266 e. The SMILES string of the molecule is CCOc1cc(/C=C(/C#N)C(=O)Nc2ccc(C)c(Cl)c2)c(Br)cc1OCc1cccc(F)c1. The Morgan fingerprint density at radius 2 is 1.94 bits per heavy atom. The first-order valence-electron chi connectivity index (χ1n) is 10.3. The topological polar surface area (TPSA) is 71.3 Å². The Kier molecular flexibility index (Phi) is 8.69. The number of ether oxygens (including phenoxy) is 2. The number of halogens is 3. The van der Waals surface area contributed by atoms with Crippen LogP contribution >= 0.6 is 27.5 Å². The minimum atomic E-state index is -0.571. The fourth-order valence-corrected chi connectivity index (χ4v) is 3.62. The van der Waals surface area contributed by atoms with Crippen LogP contribution in [-0.2, 0) is 11.4 Å². The zero-order valence-electron chi connectivity index (χ0n) is 18.5. The van der Waals surface area contributed by atoms with Gasteiger partial charge in [0.15, 0.2) is 11.5 Å². The molecule has 0 aromatic heterocycles. The Balaban J connectivity index is 1.85. The molecule has 3 aromatic carbocycles. The summed E-state index contributed by atoms with van der Waals surface area (Å²) in [7, 11) is 0. The van der Waals surface area contributed by atoms with Gasteiger partial charge >= 0.3 is 0 Å². The Morgan fingerprint density at radius 3 is 2.62 bits per heavy atom. The van der Waals surface area contributed by atoms with Crippen LogP contribution in [0.2, 0.25) is 5.02 Å². The molecule has 0 aliphatic rings. The first-order chi connectivity index (χ1) is 16.3. The van der Waals surface area contributed by atoms with Crippen LogP contribution in [0.25, 0.3) is 6.08 Å². The van der Waals surface area contributed by atoms with E-state index < -0.39 is 5.91 Å². The minimum absolute atomic E-state index is 0.103. The zero-order valence-corrected chi connectivity index (χ0v) is 20.8. The summed E-state index contributed by atoms with van der Waals surface area (Å²) in [4.78, 5) is 12.7. The summed E-state index contributed by atoms with van der Waals surface area (Å²) < 4.78 is 25.6. The number of aryl methyl sites for hydroxylation is 1. The van der Waals surface area contributed by atoms with Crippen LogP contribution in [0.15, 0.2) is 64.6 Å². The molecule has 0 fully saturated rings. The molecular formula is C26H21BrClFN2O3. The Bertz CT molecular complexity index is 1290. The maximum absolute atomic E-state index is 13.4. The van der Waals surface area contributed by atoms with Crippen molar-refractivity contribution in [3.8, 4) is 17.6 Å². The molecule has 0 atom stereocenters. The third-order valence-electron chi connectivity index (χ3n) is 4.74. The first-order valence-corrected chi connectivity index (χ1v) is 11.5. The van der Waals surface area contributed by atoms with Gasteiger partial charge in [0.25, 0.3) is 5.91 Å². The molecular weight excluding hydrogens is 523 g/mol. The molecule has 0 radical (unpaired) electrons. The van der Waals surface area contributed by atoms with E-state index in [1.165, 1.54) is 18.2 Å². The van der Waals surface area contributed by atoms with Crippen LogP contribution < -0.4 is 14.8 Å². The van der Waals surface area contributed by atoms with Crippen LogP contribution in [-0.4, -0.2) is 12.5 Å². The molecule has 8 heteroatoms. The summed E-state index contributed by atoms with van der Waals surface area (Å²) in [6.07, 6.45) is 1.45. The summed E-state index contributed by atoms with van der Waals surface area (Å²) in [5.74, 6) is -0.0505. The monoisotopic (exact) mass is 542 g/mol. The van der Waals surface area contributed by atoms with Crippen LogP contribution in [0.3, 0.4) is 0 Å². The number of hydrogen-bond acceptors (Lipinski definition) is 4. The summed E-state index contributed by atoms with van der Waals surface area (Å²) in [6, 6.07) is 16.5. The molecule has 0 heterocycles. The normalized spacial score (nSPS) is 11.0. The summed E-state index contributed by atoms with van der Waals surface area (Å²) in [5, 5.41) is 12.8. The lowest BCUT2D eigenvalue weighted by atomic mass is 10.1. The van der Waals surface area contributed by atoms with E-state index in [9.17, 15) is 14.4 Å². The quantitative estimate of drug-likeness (QED) is 0.244. The van der Waals surface area contributed by atoms with Crippen LogP contribution in [0.5, 0.6) is 11.5 Å². The second-order valence-electron chi connectivity index (χ2n) is 7.26. The van der Waals surface area contributed by atoms with Gasteiger partial charge in [-0.2, -0.15) is 5.26 Å². The van der Waals surface area contributed by atoms with Crippen molar-refractivity contribution in [3.63, 3.8) is 0 Å². The number of carbonyl (C=O) groups excluding carboxylic acids is 1. The number of rotatable bonds is 8. The van der Waals surface area contributed by atoms with Gasteiger partial charge in [0.2, 0.25) is 0 Å². The largest absolute Gasteiger partial charge is 0.490 e. The molecule has 174 valence electrons. The lowest BCUT2D eigenvalue weighted by molar-refractivity contribution is -0.112. The average Bonchev–Trinajstić information content (AvgIpc) is 2.80. The van der Waals surface area contributed by atoms with Gasteiger partial charge in [0, 0.05) is 15.2 Å². The second-order valence-corrected chi connectivity index (χ2v) is 8.52. The molecule has 34 heavy (non-hydrogen) atoms. The second kappa shape index (κ2) is 11.7. The number of anilines is 1. The number of amides is 1. The third kappa shape index (κ3) is 6.60. The standard InChI is InChI=1S/C26H21BrClFN2O3/c1-3-33-24-11-18(22(27)13-25(24)34-15-17-5-4-6-20(29)9-17)10-19(14-30)26(32)31-21-8-7-16(2)23(28)12-21/h4-13H,3,15H2,1-2H3,(H,31,32)/b19-10-. The van der Waals surface area contributed by atoms with E-state index in [1.807, 2.05) is 19.9 Å². The molecule has 3 rings (SSSR count). The molecule has 0 saturated heterocycles. The predicted octanol–water partition coefficient (Wildman–Crippen LogP) is 7.07. The molecule has 0 spiro atoms. The van der Waals surface area contributed by atoms with E-state index in [4.69, 9.17) is 21.1 Å². The van der Waals surface area contributed by atoms with E-state index in [1.54, 1.807) is 42.5 Å². The molecule has 0 aliphatic heterocycles. The zero-order chi connectivity index (χ0) is 24.7. The van der Waals surface area contributed by atoms with Gasteiger partial charge in [0.1, 0.15) is 24.1 Å². The molecule has 0 bridgehead atoms. The third-order valence-corrected chi connectivity index (χ3v) is 5.83. The van der Waals surface area contributed by atoms with Gasteiger partial charge in [-0.25, -0.2) is 4.39 Å². The Labute approximate surface area is 210 Å². The Hall–Kier alpha value is -3.34. The molecule has 0 saturated carbocycles. The molecule has 0 aliphatic carbocycles. The van der Waals surface area contributed by atoms with Crippen molar-refractivity contribution in [2.45, 2.75) is 20.5 Å². The van der Waals surface area contributed by atoms with Crippen LogP contribution in [0, 0.1) is 24.1 Å². The molecule has 1 N–H and O–H groups in total. The number of hydrogen-bond donors (Lipinski definition) is 1. The van der Waals surface area contributed by atoms with Gasteiger partial charge in [0.05, 0.1) is 6.61 Å². The number of nitrogens with one attached hydrogen (secondary N) is 1. The van der Waals surface area contributed by atoms with E-state index >= 15 is 0 Å². The van der Waals surface area contributed by atoms with Crippen LogP contribution in [0.4, 0.5) is 10.1 Å². The highest BCUT2D eigenvalue weighted by Crippen LogP contribution is 2.35. The van der Waals surface area contributed by atoms with Gasteiger partial charge in [-0.05, 0) is 73.0 Å². The minimum Gasteiger partial charge on any atom is -0.490 e. The highest BCUT2D eigenvalue weighted by atomic mass is 79.9. The van der Waals surface area contributed by atoms with Gasteiger partial charge in [-0.15, -0.1) is 0 Å². The number of nitriles is 1. The summed E-state index contributed by atoms with van der Waals surface area (Å²) >= 11 is 9.58. The highest BCUT2D eigenvalue weighted by molar-refractivity contribution is 9.10. The predicted molar refractivity (Wildman–Crippen MR) is 134 cm³/mol. The molecule has 1 amide bonds. The number of benzene rings is 3. The summed E-state index contributed by atoms with van der Waals surface area (Å²) in [5.41, 5.74) is 2.48. The van der Waals surface area contributed by atoms with E-state index in [-0.39, 0.29) is 18.0 Å². The molecule has 5 nitrogen and oxygen atoms in total. The fraction of sp³-hybridized carbons (Fsp3) is 0.154. The highest BCUT2D eigenvalue weighted by Gasteiger charge is 2.15. The van der Waals surface area contributed by atoms with Gasteiger partial charge in [-0.1, -0.05) is 45.7 Å². The van der Waals surface area contributed by atoms with Crippen molar-refractivity contribution in [2.24, 2.45) is 0 Å². The van der Waals surface area contributed by atoms with Crippen molar-refractivity contribution in [1.82, 2.24) is 0 Å². The smallest absolute Gasteiger partial charge is 0.266 e. The van der Waals surface area contributed by atoms with Crippen molar-refractivity contribution in [1.29, 1.82) is 5.26 Å². The fourth-order valence-electron chi connectivity index (χ4n) is 3.00. The summed E-state index contributed by atoms with van der Waals surface area (Å²) in [6.45, 7) is 4.20. The van der Waals surface area contributed by atoms with E-state index in [2.05, 4.69) is 21.2 Å². The van der Waals surface area contributed by atoms with Crippen LogP contribution in [0.1, 0.15) is 23.6 Å². The van der Waals surface area contributed by atoms with Gasteiger partial charge < -0.3 is 14.8 Å².